The molecule has 1 N–H and O–H groups in total. The number of hydrogen-bond acceptors (Lipinski definition) is 3. The number of carbonyl (C=O) groups is 1. The number of aromatic nitrogens is 1. The number of nitriles is 1. The van der Waals surface area contributed by atoms with E-state index in [0.717, 1.165) is 47.9 Å². The maximum absolute atomic E-state index is 12.4. The van der Waals surface area contributed by atoms with Crippen LogP contribution < -0.4 is 5.32 Å². The summed E-state index contributed by atoms with van der Waals surface area (Å²) >= 11 is 0. The topological polar surface area (TPSA) is 61.1 Å². The summed E-state index contributed by atoms with van der Waals surface area (Å²) in [7, 11) is 0. The van der Waals surface area contributed by atoms with Crippen molar-refractivity contribution in [3.8, 4) is 6.07 Å². The van der Waals surface area contributed by atoms with Crippen molar-refractivity contribution in [2.75, 3.05) is 19.6 Å². The van der Waals surface area contributed by atoms with E-state index < -0.39 is 0 Å². The second-order valence-electron chi connectivity index (χ2n) is 8.61. The lowest BCUT2D eigenvalue weighted by atomic mass is 9.92. The molecule has 0 radical (unpaired) electrons. The van der Waals surface area contributed by atoms with Gasteiger partial charge < -0.3 is 14.8 Å². The van der Waals surface area contributed by atoms with Crippen molar-refractivity contribution in [3.63, 3.8) is 0 Å². The monoisotopic (exact) mass is 392 g/mol. The number of para-hydroxylation sites is 1. The summed E-state index contributed by atoms with van der Waals surface area (Å²) in [5, 5.41) is 13.1. The van der Waals surface area contributed by atoms with E-state index in [1.54, 1.807) is 6.08 Å². The van der Waals surface area contributed by atoms with Crippen molar-refractivity contribution in [3.05, 3.63) is 42.1 Å². The maximum Gasteiger partial charge on any atom is 0.244 e. The molecule has 1 saturated heterocycles. The number of piperidine rings is 1. The van der Waals surface area contributed by atoms with Gasteiger partial charge >= 0.3 is 0 Å². The molecule has 1 amide bonds. The number of hydrogen-bond donors (Lipinski definition) is 1. The number of carbonyl (C=O) groups excluding carboxylic acids is 1. The second-order valence-corrected chi connectivity index (χ2v) is 8.61. The first kappa shape index (κ1) is 21.1. The predicted molar refractivity (Wildman–Crippen MR) is 118 cm³/mol. The number of amides is 1. The van der Waals surface area contributed by atoms with Crippen LogP contribution in [0, 0.1) is 23.2 Å². The molecule has 2 aromatic rings. The zero-order valence-electron chi connectivity index (χ0n) is 17.8. The fraction of sp³-hybridized carbons (Fsp3) is 0.500. The lowest BCUT2D eigenvalue weighted by molar-refractivity contribution is -0.117. The summed E-state index contributed by atoms with van der Waals surface area (Å²) in [6.45, 7) is 10.5. The quantitative estimate of drug-likeness (QED) is 0.723. The Bertz CT molecular complexity index is 897. The van der Waals surface area contributed by atoms with Crippen LogP contribution in [0.2, 0.25) is 0 Å². The SMILES string of the molecule is CC1CC(C)CN(CC(C)NC(=O)/C=C/c2cn(CCC#N)c3ccccc23)C1. The van der Waals surface area contributed by atoms with E-state index in [9.17, 15) is 4.79 Å². The highest BCUT2D eigenvalue weighted by Gasteiger charge is 2.23. The Morgan fingerprint density at radius 2 is 2.03 bits per heavy atom. The molecular formula is C24H32N4O. The number of rotatable bonds is 7. The van der Waals surface area contributed by atoms with Crippen molar-refractivity contribution in [1.29, 1.82) is 5.26 Å². The van der Waals surface area contributed by atoms with Gasteiger partial charge in [0, 0.05) is 61.0 Å². The molecule has 0 aliphatic carbocycles. The molecular weight excluding hydrogens is 360 g/mol. The molecule has 3 unspecified atom stereocenters. The van der Waals surface area contributed by atoms with Crippen LogP contribution in [0.4, 0.5) is 0 Å². The van der Waals surface area contributed by atoms with Gasteiger partial charge in [-0.05, 0) is 37.3 Å². The van der Waals surface area contributed by atoms with E-state index in [4.69, 9.17) is 5.26 Å². The first-order chi connectivity index (χ1) is 14.0. The number of benzene rings is 1. The Kier molecular flexibility index (Phi) is 7.11. The molecule has 5 heteroatoms. The van der Waals surface area contributed by atoms with Crippen LogP contribution in [0.5, 0.6) is 0 Å². The highest BCUT2D eigenvalue weighted by Crippen LogP contribution is 2.23. The Labute approximate surface area is 174 Å². The normalized spacial score (nSPS) is 21.3. The average Bonchev–Trinajstić information content (AvgIpc) is 3.01. The van der Waals surface area contributed by atoms with E-state index in [2.05, 4.69) is 47.7 Å². The van der Waals surface area contributed by atoms with Gasteiger partial charge in [-0.3, -0.25) is 4.79 Å². The molecule has 1 aromatic heterocycles. The molecule has 0 saturated carbocycles. The summed E-state index contributed by atoms with van der Waals surface area (Å²) in [6, 6.07) is 10.4. The van der Waals surface area contributed by atoms with Crippen molar-refractivity contribution in [1.82, 2.24) is 14.8 Å². The molecule has 1 aliphatic heterocycles. The molecule has 2 heterocycles. The minimum atomic E-state index is -0.0653. The predicted octanol–water partition coefficient (Wildman–Crippen LogP) is 4.05. The van der Waals surface area contributed by atoms with Gasteiger partial charge in [-0.25, -0.2) is 0 Å². The van der Waals surface area contributed by atoms with Gasteiger partial charge in [0.05, 0.1) is 12.5 Å². The van der Waals surface area contributed by atoms with Crippen LogP contribution in [0.25, 0.3) is 17.0 Å². The zero-order chi connectivity index (χ0) is 20.8. The third-order valence-electron chi connectivity index (χ3n) is 5.56. The molecule has 154 valence electrons. The van der Waals surface area contributed by atoms with E-state index in [0.29, 0.717) is 13.0 Å². The molecule has 1 aromatic carbocycles. The fourth-order valence-electron chi connectivity index (χ4n) is 4.59. The molecule has 3 rings (SSSR count). The standard InChI is InChI=1S/C24H32N4O/c1-18-13-19(2)15-27(14-18)16-20(3)26-24(29)10-9-21-17-28(12-6-11-25)23-8-5-4-7-22(21)23/h4-5,7-10,17-20H,6,12-16H2,1-3H3,(H,26,29)/b10-9+. The minimum Gasteiger partial charge on any atom is -0.349 e. The molecule has 0 bridgehead atoms. The highest BCUT2D eigenvalue weighted by molar-refractivity contribution is 5.96. The number of fused-ring (bicyclic) bond motifs is 1. The smallest absolute Gasteiger partial charge is 0.244 e. The summed E-state index contributed by atoms with van der Waals surface area (Å²) < 4.78 is 2.08. The summed E-state index contributed by atoms with van der Waals surface area (Å²) in [4.78, 5) is 14.9. The fourth-order valence-corrected chi connectivity index (χ4v) is 4.59. The van der Waals surface area contributed by atoms with Crippen LogP contribution in [-0.2, 0) is 11.3 Å². The first-order valence-corrected chi connectivity index (χ1v) is 10.6. The molecule has 0 spiro atoms. The van der Waals surface area contributed by atoms with Crippen LogP contribution in [0.3, 0.4) is 0 Å². The Hall–Kier alpha value is -2.58. The number of nitrogens with zero attached hydrogens (tertiary/aromatic N) is 3. The second kappa shape index (κ2) is 9.76. The van der Waals surface area contributed by atoms with Crippen molar-refractivity contribution >= 4 is 22.9 Å². The Morgan fingerprint density at radius 3 is 2.76 bits per heavy atom. The van der Waals surface area contributed by atoms with Gasteiger partial charge in [0.1, 0.15) is 0 Å². The average molecular weight is 393 g/mol. The van der Waals surface area contributed by atoms with Crippen LogP contribution in [0.15, 0.2) is 36.5 Å². The van der Waals surface area contributed by atoms with E-state index in [-0.39, 0.29) is 11.9 Å². The third-order valence-corrected chi connectivity index (χ3v) is 5.56. The lowest BCUT2D eigenvalue weighted by Gasteiger charge is -2.36. The molecule has 1 fully saturated rings. The first-order valence-electron chi connectivity index (χ1n) is 10.6. The molecule has 5 nitrogen and oxygen atoms in total. The Morgan fingerprint density at radius 1 is 1.31 bits per heavy atom. The van der Waals surface area contributed by atoms with Crippen molar-refractivity contribution in [2.24, 2.45) is 11.8 Å². The summed E-state index contributed by atoms with van der Waals surface area (Å²) in [5.41, 5.74) is 2.09. The number of nitrogens with one attached hydrogen (secondary N) is 1. The lowest BCUT2D eigenvalue weighted by Crippen LogP contribution is -2.46. The van der Waals surface area contributed by atoms with Crippen LogP contribution in [-0.4, -0.2) is 41.1 Å². The van der Waals surface area contributed by atoms with Crippen LogP contribution >= 0.6 is 0 Å². The van der Waals surface area contributed by atoms with E-state index >= 15 is 0 Å². The summed E-state index contributed by atoms with van der Waals surface area (Å²) in [6.07, 6.45) is 7.27. The Balaban J connectivity index is 1.61. The highest BCUT2D eigenvalue weighted by atomic mass is 16.1. The van der Waals surface area contributed by atoms with Crippen molar-refractivity contribution in [2.45, 2.75) is 46.2 Å². The molecule has 3 atom stereocenters. The number of aryl methyl sites for hydroxylation is 1. The number of likely N-dealkylation sites (tertiary alicyclic amines) is 1. The van der Waals surface area contributed by atoms with E-state index in [1.807, 2.05) is 30.5 Å². The van der Waals surface area contributed by atoms with Gasteiger partial charge in [0.15, 0.2) is 0 Å². The third kappa shape index (κ3) is 5.71. The van der Waals surface area contributed by atoms with Gasteiger partial charge in [-0.1, -0.05) is 32.0 Å². The van der Waals surface area contributed by atoms with Crippen molar-refractivity contribution < 1.29 is 4.79 Å². The van der Waals surface area contributed by atoms with Crippen LogP contribution in [0.1, 0.15) is 39.2 Å². The van der Waals surface area contributed by atoms with Gasteiger partial charge in [-0.2, -0.15) is 5.26 Å². The minimum absolute atomic E-state index is 0.0653. The van der Waals surface area contributed by atoms with Gasteiger partial charge in [0.25, 0.3) is 0 Å². The maximum atomic E-state index is 12.4. The molecule has 29 heavy (non-hydrogen) atoms. The van der Waals surface area contributed by atoms with Gasteiger partial charge in [0.2, 0.25) is 5.91 Å². The summed E-state index contributed by atoms with van der Waals surface area (Å²) in [5.74, 6) is 1.38. The van der Waals surface area contributed by atoms with Gasteiger partial charge in [-0.15, -0.1) is 0 Å². The van der Waals surface area contributed by atoms with E-state index in [1.165, 1.54) is 6.42 Å². The molecule has 1 aliphatic rings. The zero-order valence-corrected chi connectivity index (χ0v) is 17.8. The largest absolute Gasteiger partial charge is 0.349 e.